The van der Waals surface area contributed by atoms with Crippen LogP contribution in [0.1, 0.15) is 25.5 Å². The number of benzene rings is 1. The highest BCUT2D eigenvalue weighted by atomic mass is 16.6. The summed E-state index contributed by atoms with van der Waals surface area (Å²) in [5.74, 6) is 0. The number of anilines is 1. The van der Waals surface area contributed by atoms with Gasteiger partial charge >= 0.3 is 6.09 Å². The smallest absolute Gasteiger partial charge is 0.415 e. The van der Waals surface area contributed by atoms with Gasteiger partial charge in [-0.05, 0) is 19.9 Å². The van der Waals surface area contributed by atoms with Crippen LogP contribution in [-0.4, -0.2) is 46.1 Å². The Hall–Kier alpha value is -2.61. The van der Waals surface area contributed by atoms with Crippen LogP contribution in [0, 0.1) is 0 Å². The summed E-state index contributed by atoms with van der Waals surface area (Å²) in [7, 11) is 4.27. The van der Waals surface area contributed by atoms with Gasteiger partial charge in [0.25, 0.3) is 0 Å². The molecule has 1 amide bonds. The summed E-state index contributed by atoms with van der Waals surface area (Å²) < 4.78 is 9.88. The Balaban J connectivity index is 2.99. The van der Waals surface area contributed by atoms with Crippen LogP contribution in [0.25, 0.3) is 0 Å². The summed E-state index contributed by atoms with van der Waals surface area (Å²) in [6.07, 6.45) is 0.510. The Labute approximate surface area is 141 Å². The highest BCUT2D eigenvalue weighted by Gasteiger charge is 2.22. The van der Waals surface area contributed by atoms with Gasteiger partial charge in [-0.15, -0.1) is 0 Å². The van der Waals surface area contributed by atoms with E-state index in [0.717, 1.165) is 5.56 Å². The zero-order chi connectivity index (χ0) is 17.9. The van der Waals surface area contributed by atoms with Crippen molar-refractivity contribution in [2.24, 2.45) is 10.3 Å². The fraction of sp³-hybridized carbons (Fsp3) is 0.438. The zero-order valence-electron chi connectivity index (χ0n) is 14.6. The Kier molecular flexibility index (Phi) is 8.28. The molecule has 0 aromatic heterocycles. The second-order valence-corrected chi connectivity index (χ2v) is 4.77. The molecule has 24 heavy (non-hydrogen) atoms. The summed E-state index contributed by atoms with van der Waals surface area (Å²) in [6, 6.07) is 7.29. The molecule has 0 N–H and O–H groups in total. The van der Waals surface area contributed by atoms with Gasteiger partial charge in [-0.2, -0.15) is 0 Å². The van der Waals surface area contributed by atoms with Crippen LogP contribution in [0.15, 0.2) is 34.6 Å². The van der Waals surface area contributed by atoms with Gasteiger partial charge in [0, 0.05) is 12.7 Å². The molecule has 8 heteroatoms. The minimum absolute atomic E-state index is 0.0548. The third kappa shape index (κ3) is 5.54. The Morgan fingerprint density at radius 1 is 1.29 bits per heavy atom. The third-order valence-corrected chi connectivity index (χ3v) is 3.01. The highest BCUT2D eigenvalue weighted by molar-refractivity contribution is 6.29. The lowest BCUT2D eigenvalue weighted by atomic mass is 10.1. The van der Waals surface area contributed by atoms with Crippen molar-refractivity contribution in [2.45, 2.75) is 20.0 Å². The van der Waals surface area contributed by atoms with E-state index in [2.05, 4.69) is 15.1 Å². The molecule has 0 fully saturated rings. The van der Waals surface area contributed by atoms with Gasteiger partial charge in [0.05, 0.1) is 24.7 Å². The van der Waals surface area contributed by atoms with Crippen molar-refractivity contribution in [3.63, 3.8) is 0 Å². The van der Waals surface area contributed by atoms with Crippen molar-refractivity contribution < 1.29 is 23.9 Å². The third-order valence-electron chi connectivity index (χ3n) is 3.01. The molecule has 0 aliphatic carbocycles. The van der Waals surface area contributed by atoms with Crippen LogP contribution < -0.4 is 4.90 Å². The van der Waals surface area contributed by atoms with Gasteiger partial charge in [0.15, 0.2) is 6.10 Å². The largest absolute Gasteiger partial charge is 0.452 e. The molecule has 8 nitrogen and oxygen atoms in total. The first-order valence-corrected chi connectivity index (χ1v) is 7.25. The molecule has 0 aliphatic heterocycles. The van der Waals surface area contributed by atoms with E-state index in [-0.39, 0.29) is 6.73 Å². The van der Waals surface area contributed by atoms with Gasteiger partial charge in [-0.25, -0.2) is 4.79 Å². The minimum atomic E-state index is -0.525. The maximum Gasteiger partial charge on any atom is 0.415 e. The molecule has 1 atom stereocenters. The number of methoxy groups -OCH3 is 2. The van der Waals surface area contributed by atoms with Crippen molar-refractivity contribution in [3.05, 3.63) is 29.8 Å². The van der Waals surface area contributed by atoms with Gasteiger partial charge in [-0.3, -0.25) is 4.90 Å². The number of ether oxygens (including phenoxy) is 2. The molecule has 0 saturated heterocycles. The van der Waals surface area contributed by atoms with Gasteiger partial charge in [-0.1, -0.05) is 28.5 Å². The number of nitrogens with zero attached hydrogens (tertiary/aromatic N) is 3. The molecule has 0 aliphatic rings. The van der Waals surface area contributed by atoms with Crippen LogP contribution in [0.2, 0.25) is 0 Å². The molecule has 132 valence electrons. The van der Waals surface area contributed by atoms with Crippen LogP contribution in [-0.2, 0) is 19.1 Å². The molecule has 0 saturated carbocycles. The summed E-state index contributed by atoms with van der Waals surface area (Å²) >= 11 is 0. The SMILES string of the molecule is COCN(C(=O)OC)c1ccccc1C(C)O/N=C/C(C)=N/OC. The Morgan fingerprint density at radius 3 is 2.62 bits per heavy atom. The van der Waals surface area contributed by atoms with Crippen molar-refractivity contribution in [1.29, 1.82) is 0 Å². The lowest BCUT2D eigenvalue weighted by Gasteiger charge is -2.24. The van der Waals surface area contributed by atoms with E-state index in [0.29, 0.717) is 11.4 Å². The van der Waals surface area contributed by atoms with Crippen LogP contribution in [0.4, 0.5) is 10.5 Å². The fourth-order valence-corrected chi connectivity index (χ4v) is 1.96. The topological polar surface area (TPSA) is 82.0 Å². The van der Waals surface area contributed by atoms with Gasteiger partial charge in [0.2, 0.25) is 0 Å². The molecule has 0 radical (unpaired) electrons. The molecule has 1 aromatic carbocycles. The predicted molar refractivity (Wildman–Crippen MR) is 91.3 cm³/mol. The predicted octanol–water partition coefficient (Wildman–Crippen LogP) is 2.95. The summed E-state index contributed by atoms with van der Waals surface area (Å²) in [6.45, 7) is 3.60. The second-order valence-electron chi connectivity index (χ2n) is 4.77. The van der Waals surface area contributed by atoms with E-state index in [9.17, 15) is 4.79 Å². The van der Waals surface area contributed by atoms with E-state index in [4.69, 9.17) is 14.3 Å². The molecule has 1 aromatic rings. The maximum atomic E-state index is 12.0. The second kappa shape index (κ2) is 10.2. The van der Waals surface area contributed by atoms with E-state index >= 15 is 0 Å². The van der Waals surface area contributed by atoms with Crippen molar-refractivity contribution in [1.82, 2.24) is 0 Å². The van der Waals surface area contributed by atoms with E-state index < -0.39 is 12.2 Å². The lowest BCUT2D eigenvalue weighted by molar-refractivity contribution is 0.0738. The quantitative estimate of drug-likeness (QED) is 0.414. The number of amides is 1. The molecule has 1 rings (SSSR count). The average Bonchev–Trinajstić information content (AvgIpc) is 2.59. The minimum Gasteiger partial charge on any atom is -0.452 e. The first kappa shape index (κ1) is 19.4. The normalized spacial score (nSPS) is 12.8. The van der Waals surface area contributed by atoms with Crippen LogP contribution in [0.3, 0.4) is 0 Å². The Morgan fingerprint density at radius 2 is 2.00 bits per heavy atom. The average molecular weight is 337 g/mol. The van der Waals surface area contributed by atoms with Crippen molar-refractivity contribution in [2.75, 3.05) is 33.0 Å². The number of carbonyl (C=O) groups excluding carboxylic acids is 1. The summed E-state index contributed by atoms with van der Waals surface area (Å²) in [5, 5.41) is 7.58. The number of carbonyl (C=O) groups is 1. The molecular weight excluding hydrogens is 314 g/mol. The molecular formula is C16H23N3O5. The van der Waals surface area contributed by atoms with Gasteiger partial charge in [0.1, 0.15) is 13.8 Å². The maximum absolute atomic E-state index is 12.0. The van der Waals surface area contributed by atoms with Crippen molar-refractivity contribution >= 4 is 23.7 Å². The number of para-hydroxylation sites is 1. The first-order valence-electron chi connectivity index (χ1n) is 7.25. The van der Waals surface area contributed by atoms with Crippen LogP contribution >= 0.6 is 0 Å². The summed E-state index contributed by atoms with van der Waals surface area (Å²) in [4.78, 5) is 23.4. The highest BCUT2D eigenvalue weighted by Crippen LogP contribution is 2.29. The van der Waals surface area contributed by atoms with E-state index in [1.807, 2.05) is 25.1 Å². The lowest BCUT2D eigenvalue weighted by Crippen LogP contribution is -2.33. The summed E-state index contributed by atoms with van der Waals surface area (Å²) in [5.41, 5.74) is 1.95. The number of hydrogen-bond acceptors (Lipinski definition) is 7. The molecule has 0 bridgehead atoms. The van der Waals surface area contributed by atoms with E-state index in [1.54, 1.807) is 13.0 Å². The standard InChI is InChI=1S/C16H23N3O5/c1-12(18-23-5)10-17-24-13(2)14-8-6-7-9-15(14)19(11-21-3)16(20)22-4/h6-10,13H,11H2,1-5H3/b17-10+,18-12+. The van der Waals surface area contributed by atoms with Crippen LogP contribution in [0.5, 0.6) is 0 Å². The number of oxime groups is 2. The molecule has 1 unspecified atom stereocenters. The van der Waals surface area contributed by atoms with Gasteiger partial charge < -0.3 is 19.1 Å². The number of hydrogen-bond donors (Lipinski definition) is 0. The molecule has 0 heterocycles. The number of rotatable bonds is 8. The first-order chi connectivity index (χ1) is 11.5. The zero-order valence-corrected chi connectivity index (χ0v) is 14.6. The van der Waals surface area contributed by atoms with Crippen molar-refractivity contribution in [3.8, 4) is 0 Å². The fourth-order valence-electron chi connectivity index (χ4n) is 1.96. The monoisotopic (exact) mass is 337 g/mol. The Bertz CT molecular complexity index is 589. The molecule has 0 spiro atoms. The van der Waals surface area contributed by atoms with E-state index in [1.165, 1.54) is 32.4 Å².